The highest BCUT2D eigenvalue weighted by atomic mass is 79.9. The first-order chi connectivity index (χ1) is 10.9. The molecule has 0 amide bonds. The van der Waals surface area contributed by atoms with Gasteiger partial charge in [0.25, 0.3) is 0 Å². The number of alkyl halides is 1. The fraction of sp³-hybridized carbons (Fsp3) is 1.00. The van der Waals surface area contributed by atoms with Crippen LogP contribution in [0.3, 0.4) is 0 Å². The number of rotatable bonds is 19. The summed E-state index contributed by atoms with van der Waals surface area (Å²) in [6.07, 6.45) is 4.97. The Bertz CT molecular complexity index is 175. The summed E-state index contributed by atoms with van der Waals surface area (Å²) >= 11 is 3.29. The second kappa shape index (κ2) is 21.3. The van der Waals surface area contributed by atoms with Crippen LogP contribution in [0.15, 0.2) is 0 Å². The molecule has 0 saturated heterocycles. The molecule has 0 saturated carbocycles. The fourth-order valence-electron chi connectivity index (χ4n) is 1.67. The zero-order valence-corrected chi connectivity index (χ0v) is 15.6. The van der Waals surface area contributed by atoms with E-state index >= 15 is 0 Å². The van der Waals surface area contributed by atoms with Crippen molar-refractivity contribution in [2.75, 3.05) is 71.4 Å². The van der Waals surface area contributed by atoms with E-state index in [0.29, 0.717) is 52.9 Å². The van der Waals surface area contributed by atoms with E-state index in [1.807, 2.05) is 0 Å². The van der Waals surface area contributed by atoms with Gasteiger partial charge in [-0.25, -0.2) is 0 Å². The first kappa shape index (κ1) is 22.3. The molecule has 0 N–H and O–H groups in total. The van der Waals surface area contributed by atoms with E-state index in [4.69, 9.17) is 23.7 Å². The highest BCUT2D eigenvalue weighted by Crippen LogP contribution is 1.98. The van der Waals surface area contributed by atoms with Crippen molar-refractivity contribution < 1.29 is 23.7 Å². The minimum absolute atomic E-state index is 0.593. The Balaban J connectivity index is 2.91. The topological polar surface area (TPSA) is 46.2 Å². The second-order valence-electron chi connectivity index (χ2n) is 4.81. The average molecular weight is 385 g/mol. The van der Waals surface area contributed by atoms with Crippen molar-refractivity contribution in [3.05, 3.63) is 0 Å². The predicted molar refractivity (Wildman–Crippen MR) is 92.0 cm³/mol. The molecule has 0 aliphatic rings. The van der Waals surface area contributed by atoms with Crippen molar-refractivity contribution in [2.24, 2.45) is 0 Å². The molecule has 0 heterocycles. The van der Waals surface area contributed by atoms with Gasteiger partial charge in [-0.1, -0.05) is 42.1 Å². The molecule has 0 spiro atoms. The summed E-state index contributed by atoms with van der Waals surface area (Å²) < 4.78 is 26.9. The van der Waals surface area contributed by atoms with Gasteiger partial charge in [-0.15, -0.1) is 0 Å². The lowest BCUT2D eigenvalue weighted by Gasteiger charge is -2.07. The van der Waals surface area contributed by atoms with Gasteiger partial charge in [0.15, 0.2) is 0 Å². The fourth-order valence-corrected chi connectivity index (χ4v) is 1.90. The monoisotopic (exact) mass is 384 g/mol. The molecule has 0 atom stereocenters. The van der Waals surface area contributed by atoms with Gasteiger partial charge in [0, 0.05) is 11.9 Å². The van der Waals surface area contributed by atoms with Crippen molar-refractivity contribution >= 4 is 15.9 Å². The van der Waals surface area contributed by atoms with Crippen LogP contribution in [0.25, 0.3) is 0 Å². The van der Waals surface area contributed by atoms with Crippen LogP contribution in [0.1, 0.15) is 32.6 Å². The molecular weight excluding hydrogens is 352 g/mol. The smallest absolute Gasteiger partial charge is 0.0701 e. The maximum Gasteiger partial charge on any atom is 0.0701 e. The minimum atomic E-state index is 0.593. The molecule has 0 unspecified atom stereocenters. The molecule has 0 fully saturated rings. The quantitative estimate of drug-likeness (QED) is 0.253. The van der Waals surface area contributed by atoms with Crippen molar-refractivity contribution in [3.8, 4) is 0 Å². The molecule has 0 aromatic heterocycles. The van der Waals surface area contributed by atoms with Gasteiger partial charge in [0.1, 0.15) is 0 Å². The Labute approximate surface area is 144 Å². The van der Waals surface area contributed by atoms with Crippen LogP contribution in [0.5, 0.6) is 0 Å². The summed E-state index contributed by atoms with van der Waals surface area (Å²) in [5.41, 5.74) is 0. The Morgan fingerprint density at radius 2 is 0.909 bits per heavy atom. The Hall–Kier alpha value is 0.280. The van der Waals surface area contributed by atoms with Crippen LogP contribution in [0, 0.1) is 0 Å². The Morgan fingerprint density at radius 3 is 1.32 bits per heavy atom. The highest BCUT2D eigenvalue weighted by Gasteiger charge is 1.93. The van der Waals surface area contributed by atoms with E-state index in [0.717, 1.165) is 25.0 Å². The first-order valence-corrected chi connectivity index (χ1v) is 9.48. The summed E-state index contributed by atoms with van der Waals surface area (Å²) in [5.74, 6) is 0. The van der Waals surface area contributed by atoms with E-state index in [-0.39, 0.29) is 0 Å². The third kappa shape index (κ3) is 20.3. The number of unbranched alkanes of at least 4 members (excludes halogenated alkanes) is 3. The molecule has 6 heteroatoms. The molecule has 134 valence electrons. The predicted octanol–water partition coefficient (Wildman–Crippen LogP) is 3.04. The Morgan fingerprint density at radius 1 is 0.500 bits per heavy atom. The van der Waals surface area contributed by atoms with Crippen LogP contribution >= 0.6 is 15.9 Å². The largest absolute Gasteiger partial charge is 0.379 e. The van der Waals surface area contributed by atoms with Crippen LogP contribution in [-0.2, 0) is 23.7 Å². The molecule has 0 aliphatic carbocycles. The molecular formula is C16H33BrO5. The van der Waals surface area contributed by atoms with Crippen molar-refractivity contribution in [1.82, 2.24) is 0 Å². The van der Waals surface area contributed by atoms with Gasteiger partial charge in [-0.05, 0) is 6.42 Å². The summed E-state index contributed by atoms with van der Waals surface area (Å²) in [7, 11) is 0. The summed E-state index contributed by atoms with van der Waals surface area (Å²) in [4.78, 5) is 0. The Kier molecular flexibility index (Phi) is 21.6. The number of hydrogen-bond donors (Lipinski definition) is 0. The van der Waals surface area contributed by atoms with Crippen LogP contribution in [-0.4, -0.2) is 71.4 Å². The average Bonchev–Trinajstić information content (AvgIpc) is 2.54. The van der Waals surface area contributed by atoms with E-state index in [1.165, 1.54) is 19.3 Å². The molecule has 0 radical (unpaired) electrons. The third-order valence-electron chi connectivity index (χ3n) is 2.85. The maximum atomic E-state index is 5.48. The minimum Gasteiger partial charge on any atom is -0.379 e. The summed E-state index contributed by atoms with van der Waals surface area (Å²) in [6, 6.07) is 0. The molecule has 0 aliphatic heterocycles. The SMILES string of the molecule is CCCCCCOCCOCCOCCOCCOCCBr. The molecule has 0 rings (SSSR count). The first-order valence-electron chi connectivity index (χ1n) is 8.36. The molecule has 22 heavy (non-hydrogen) atoms. The zero-order chi connectivity index (χ0) is 16.1. The van der Waals surface area contributed by atoms with Gasteiger partial charge >= 0.3 is 0 Å². The summed E-state index contributed by atoms with van der Waals surface area (Å²) in [5, 5.41) is 0.861. The lowest BCUT2D eigenvalue weighted by atomic mass is 10.2. The van der Waals surface area contributed by atoms with Crippen LogP contribution in [0.4, 0.5) is 0 Å². The third-order valence-corrected chi connectivity index (χ3v) is 3.18. The van der Waals surface area contributed by atoms with Gasteiger partial charge in [-0.2, -0.15) is 0 Å². The van der Waals surface area contributed by atoms with E-state index in [2.05, 4.69) is 22.9 Å². The number of hydrogen-bond acceptors (Lipinski definition) is 5. The van der Waals surface area contributed by atoms with Gasteiger partial charge in [-0.3, -0.25) is 0 Å². The van der Waals surface area contributed by atoms with Gasteiger partial charge in [0.05, 0.1) is 59.5 Å². The van der Waals surface area contributed by atoms with Crippen molar-refractivity contribution in [1.29, 1.82) is 0 Å². The lowest BCUT2D eigenvalue weighted by molar-refractivity contribution is -0.0102. The van der Waals surface area contributed by atoms with Gasteiger partial charge < -0.3 is 23.7 Å². The van der Waals surface area contributed by atoms with Crippen LogP contribution in [0.2, 0.25) is 0 Å². The van der Waals surface area contributed by atoms with E-state index in [9.17, 15) is 0 Å². The van der Waals surface area contributed by atoms with Gasteiger partial charge in [0.2, 0.25) is 0 Å². The molecule has 0 aromatic rings. The molecule has 0 aromatic carbocycles. The number of halogens is 1. The second-order valence-corrected chi connectivity index (χ2v) is 5.60. The zero-order valence-electron chi connectivity index (χ0n) is 14.0. The normalized spacial score (nSPS) is 11.2. The van der Waals surface area contributed by atoms with Crippen molar-refractivity contribution in [3.63, 3.8) is 0 Å². The lowest BCUT2D eigenvalue weighted by Crippen LogP contribution is -2.13. The number of ether oxygens (including phenoxy) is 5. The standard InChI is InChI=1S/C16H33BrO5/c1-2-3-4-5-7-18-9-11-20-13-15-22-16-14-21-12-10-19-8-6-17/h2-16H2,1H3. The highest BCUT2D eigenvalue weighted by molar-refractivity contribution is 9.09. The molecule has 5 nitrogen and oxygen atoms in total. The molecule has 0 bridgehead atoms. The summed E-state index contributed by atoms with van der Waals surface area (Å²) in [6.45, 7) is 8.72. The van der Waals surface area contributed by atoms with Crippen molar-refractivity contribution in [2.45, 2.75) is 32.6 Å². The van der Waals surface area contributed by atoms with E-state index < -0.39 is 0 Å². The van der Waals surface area contributed by atoms with Crippen LogP contribution < -0.4 is 0 Å². The maximum absolute atomic E-state index is 5.48. The van der Waals surface area contributed by atoms with E-state index in [1.54, 1.807) is 0 Å².